The predicted molar refractivity (Wildman–Crippen MR) is 100 cm³/mol. The topological polar surface area (TPSA) is 43.4 Å². The summed E-state index contributed by atoms with van der Waals surface area (Å²) in [7, 11) is 1.68. The maximum atomic E-state index is 5.92. The summed E-state index contributed by atoms with van der Waals surface area (Å²) in [6.45, 7) is 1.40. The summed E-state index contributed by atoms with van der Waals surface area (Å²) in [5, 5.41) is 6.77. The zero-order chi connectivity index (χ0) is 17.1. The SMILES string of the molecule is COc1cccc2c1OCC(NCc1nc(-c3ccccc3)cs1)C2. The van der Waals surface area contributed by atoms with Gasteiger partial charge in [-0.2, -0.15) is 0 Å². The Kier molecular flexibility index (Phi) is 4.68. The molecule has 0 spiro atoms. The zero-order valence-corrected chi connectivity index (χ0v) is 14.9. The van der Waals surface area contributed by atoms with Crippen molar-refractivity contribution in [2.24, 2.45) is 0 Å². The monoisotopic (exact) mass is 352 g/mol. The van der Waals surface area contributed by atoms with Crippen molar-refractivity contribution in [2.45, 2.75) is 19.0 Å². The van der Waals surface area contributed by atoms with Gasteiger partial charge in [-0.1, -0.05) is 42.5 Å². The molecule has 1 aromatic heterocycles. The lowest BCUT2D eigenvalue weighted by atomic mass is 10.0. The molecule has 3 aromatic rings. The smallest absolute Gasteiger partial charge is 0.164 e. The van der Waals surface area contributed by atoms with Gasteiger partial charge in [0.15, 0.2) is 11.5 Å². The molecule has 0 fully saturated rings. The lowest BCUT2D eigenvalue weighted by molar-refractivity contribution is 0.226. The van der Waals surface area contributed by atoms with Crippen LogP contribution in [0, 0.1) is 0 Å². The number of para-hydroxylation sites is 1. The number of thiazole rings is 1. The fourth-order valence-corrected chi connectivity index (χ4v) is 3.81. The van der Waals surface area contributed by atoms with Crippen molar-refractivity contribution in [1.29, 1.82) is 0 Å². The lowest BCUT2D eigenvalue weighted by Gasteiger charge is -2.27. The van der Waals surface area contributed by atoms with Gasteiger partial charge < -0.3 is 14.8 Å². The van der Waals surface area contributed by atoms with Crippen molar-refractivity contribution in [1.82, 2.24) is 10.3 Å². The second kappa shape index (κ2) is 7.25. The summed E-state index contributed by atoms with van der Waals surface area (Å²) >= 11 is 1.69. The first kappa shape index (κ1) is 16.1. The molecule has 1 aliphatic rings. The van der Waals surface area contributed by atoms with Gasteiger partial charge in [-0.25, -0.2) is 4.98 Å². The Morgan fingerprint density at radius 1 is 1.20 bits per heavy atom. The first-order chi connectivity index (χ1) is 12.3. The number of nitrogens with one attached hydrogen (secondary N) is 1. The minimum absolute atomic E-state index is 0.281. The Hall–Kier alpha value is -2.37. The maximum absolute atomic E-state index is 5.92. The first-order valence-corrected chi connectivity index (χ1v) is 9.23. The van der Waals surface area contributed by atoms with Gasteiger partial charge in [0.25, 0.3) is 0 Å². The zero-order valence-electron chi connectivity index (χ0n) is 14.1. The van der Waals surface area contributed by atoms with Crippen molar-refractivity contribution in [3.05, 3.63) is 64.5 Å². The van der Waals surface area contributed by atoms with E-state index in [0.29, 0.717) is 6.61 Å². The minimum Gasteiger partial charge on any atom is -0.493 e. The van der Waals surface area contributed by atoms with Crippen LogP contribution in [0.15, 0.2) is 53.9 Å². The van der Waals surface area contributed by atoms with Crippen LogP contribution in [0.2, 0.25) is 0 Å². The number of fused-ring (bicyclic) bond motifs is 1. The summed E-state index contributed by atoms with van der Waals surface area (Å²) in [6.07, 6.45) is 0.934. The third kappa shape index (κ3) is 3.52. The van der Waals surface area contributed by atoms with Gasteiger partial charge in [0, 0.05) is 23.5 Å². The van der Waals surface area contributed by atoms with E-state index in [1.165, 1.54) is 5.56 Å². The van der Waals surface area contributed by atoms with Crippen molar-refractivity contribution < 1.29 is 9.47 Å². The molecule has 0 saturated heterocycles. The van der Waals surface area contributed by atoms with Gasteiger partial charge in [-0.3, -0.25) is 0 Å². The molecule has 0 saturated carbocycles. The van der Waals surface area contributed by atoms with E-state index in [0.717, 1.165) is 40.7 Å². The Bertz CT molecular complexity index is 848. The number of nitrogens with zero attached hydrogens (tertiary/aromatic N) is 1. The molecule has 0 radical (unpaired) electrons. The fraction of sp³-hybridized carbons (Fsp3) is 0.250. The number of aromatic nitrogens is 1. The van der Waals surface area contributed by atoms with Gasteiger partial charge in [0.1, 0.15) is 11.6 Å². The average Bonchev–Trinajstić information content (AvgIpc) is 3.15. The normalized spacial score (nSPS) is 16.1. The third-order valence-electron chi connectivity index (χ3n) is 4.34. The van der Waals surface area contributed by atoms with E-state index in [-0.39, 0.29) is 6.04 Å². The van der Waals surface area contributed by atoms with Crippen molar-refractivity contribution in [3.8, 4) is 22.8 Å². The quantitative estimate of drug-likeness (QED) is 0.756. The van der Waals surface area contributed by atoms with Crippen LogP contribution in [-0.4, -0.2) is 24.7 Å². The fourth-order valence-electron chi connectivity index (χ4n) is 3.05. The Morgan fingerprint density at radius 3 is 2.92 bits per heavy atom. The van der Waals surface area contributed by atoms with E-state index in [9.17, 15) is 0 Å². The van der Waals surface area contributed by atoms with Gasteiger partial charge in [-0.15, -0.1) is 11.3 Å². The Balaban J connectivity index is 1.39. The largest absolute Gasteiger partial charge is 0.493 e. The van der Waals surface area contributed by atoms with Crippen LogP contribution in [-0.2, 0) is 13.0 Å². The molecule has 4 nitrogen and oxygen atoms in total. The number of rotatable bonds is 5. The highest BCUT2D eigenvalue weighted by molar-refractivity contribution is 7.09. The van der Waals surface area contributed by atoms with E-state index in [4.69, 9.17) is 14.5 Å². The molecule has 1 N–H and O–H groups in total. The van der Waals surface area contributed by atoms with Gasteiger partial charge >= 0.3 is 0 Å². The number of benzene rings is 2. The summed E-state index contributed by atoms with van der Waals surface area (Å²) in [5.41, 5.74) is 3.39. The summed E-state index contributed by atoms with van der Waals surface area (Å²) in [4.78, 5) is 4.73. The summed E-state index contributed by atoms with van der Waals surface area (Å²) < 4.78 is 11.3. The second-order valence-corrected chi connectivity index (χ2v) is 6.98. The van der Waals surface area contributed by atoms with Crippen LogP contribution >= 0.6 is 11.3 Å². The van der Waals surface area contributed by atoms with Crippen LogP contribution in [0.25, 0.3) is 11.3 Å². The van der Waals surface area contributed by atoms with E-state index < -0.39 is 0 Å². The number of hydrogen-bond acceptors (Lipinski definition) is 5. The molecule has 1 atom stereocenters. The van der Waals surface area contributed by atoms with Crippen LogP contribution in [0.5, 0.6) is 11.5 Å². The van der Waals surface area contributed by atoms with Gasteiger partial charge in [-0.05, 0) is 18.1 Å². The molecule has 0 aliphatic carbocycles. The molecule has 128 valence electrons. The van der Waals surface area contributed by atoms with Crippen molar-refractivity contribution in [2.75, 3.05) is 13.7 Å². The highest BCUT2D eigenvalue weighted by atomic mass is 32.1. The Labute approximate surface area is 151 Å². The standard InChI is InChI=1S/C20H20N2O2S/c1-23-18-9-5-8-15-10-16(12-24-20(15)18)21-11-19-22-17(13-25-19)14-6-3-2-4-7-14/h2-9,13,16,21H,10-12H2,1H3. The molecule has 0 amide bonds. The van der Waals surface area contributed by atoms with E-state index in [2.05, 4.69) is 28.9 Å². The van der Waals surface area contributed by atoms with Crippen LogP contribution in [0.4, 0.5) is 0 Å². The van der Waals surface area contributed by atoms with Gasteiger partial charge in [0.05, 0.1) is 12.8 Å². The lowest BCUT2D eigenvalue weighted by Crippen LogP contribution is -2.38. The minimum atomic E-state index is 0.281. The molecular weight excluding hydrogens is 332 g/mol. The summed E-state index contributed by atoms with van der Waals surface area (Å²) in [6, 6.07) is 16.6. The molecule has 1 unspecified atom stereocenters. The molecule has 2 heterocycles. The number of hydrogen-bond donors (Lipinski definition) is 1. The van der Waals surface area contributed by atoms with E-state index in [1.807, 2.05) is 30.3 Å². The van der Waals surface area contributed by atoms with Crippen LogP contribution < -0.4 is 14.8 Å². The average molecular weight is 352 g/mol. The van der Waals surface area contributed by atoms with Crippen LogP contribution in [0.3, 0.4) is 0 Å². The number of ether oxygens (including phenoxy) is 2. The second-order valence-electron chi connectivity index (χ2n) is 6.03. The number of methoxy groups -OCH3 is 1. The molecule has 2 aromatic carbocycles. The first-order valence-electron chi connectivity index (χ1n) is 8.35. The third-order valence-corrected chi connectivity index (χ3v) is 5.19. The predicted octanol–water partition coefficient (Wildman–Crippen LogP) is 3.91. The van der Waals surface area contributed by atoms with Crippen LogP contribution in [0.1, 0.15) is 10.6 Å². The van der Waals surface area contributed by atoms with Gasteiger partial charge in [0.2, 0.25) is 0 Å². The van der Waals surface area contributed by atoms with E-state index in [1.54, 1.807) is 18.4 Å². The highest BCUT2D eigenvalue weighted by Gasteiger charge is 2.22. The van der Waals surface area contributed by atoms with Crippen molar-refractivity contribution >= 4 is 11.3 Å². The van der Waals surface area contributed by atoms with E-state index >= 15 is 0 Å². The maximum Gasteiger partial charge on any atom is 0.164 e. The molecule has 4 rings (SSSR count). The molecule has 5 heteroatoms. The Morgan fingerprint density at radius 2 is 2.08 bits per heavy atom. The summed E-state index contributed by atoms with van der Waals surface area (Å²) in [5.74, 6) is 1.69. The van der Waals surface area contributed by atoms with Crippen molar-refractivity contribution in [3.63, 3.8) is 0 Å². The highest BCUT2D eigenvalue weighted by Crippen LogP contribution is 2.34. The molecule has 25 heavy (non-hydrogen) atoms. The molecule has 0 bridgehead atoms. The molecule has 1 aliphatic heterocycles. The molecular formula is C20H20N2O2S.